The number of hydrogen-bond donors (Lipinski definition) is 2. The molecule has 1 rings (SSSR count). The average Bonchev–Trinajstić information content (AvgIpc) is 2.25. The average molecular weight is 250 g/mol. The highest BCUT2D eigenvalue weighted by Crippen LogP contribution is 2.22. The fraction of sp³-hybridized carbons (Fsp3) is 1.00. The summed E-state index contributed by atoms with van der Waals surface area (Å²) in [7, 11) is -3.04. The van der Waals surface area contributed by atoms with Gasteiger partial charge in [-0.2, -0.15) is 0 Å². The third-order valence-corrected chi connectivity index (χ3v) is 5.06. The van der Waals surface area contributed by atoms with Crippen molar-refractivity contribution in [3.63, 3.8) is 0 Å². The van der Waals surface area contributed by atoms with Gasteiger partial charge in [0.1, 0.15) is 0 Å². The minimum Gasteiger partial charge on any atom is -0.381 e. The number of hydrogen-bond acceptors (Lipinski definition) is 5. The first-order valence-corrected chi connectivity index (χ1v) is 7.63. The molecule has 1 fully saturated rings. The van der Waals surface area contributed by atoms with Crippen LogP contribution in [0, 0.1) is 5.92 Å². The Kier molecular flexibility index (Phi) is 5.17. The van der Waals surface area contributed by atoms with Crippen LogP contribution in [-0.2, 0) is 14.6 Å². The SMILES string of the molecule is CC(C(CC1CCOCC1)NN)S(C)(=O)=O. The Hall–Kier alpha value is -0.170. The standard InChI is InChI=1S/C10H22N2O3S/c1-8(16(2,13)14)10(12-11)7-9-3-5-15-6-4-9/h8-10,12H,3-7,11H2,1-2H3. The van der Waals surface area contributed by atoms with Gasteiger partial charge in [-0.15, -0.1) is 0 Å². The van der Waals surface area contributed by atoms with E-state index in [4.69, 9.17) is 10.6 Å². The van der Waals surface area contributed by atoms with Crippen LogP contribution in [0.5, 0.6) is 0 Å². The summed E-state index contributed by atoms with van der Waals surface area (Å²) in [5.41, 5.74) is 2.64. The monoisotopic (exact) mass is 250 g/mol. The van der Waals surface area contributed by atoms with Crippen LogP contribution in [0.15, 0.2) is 0 Å². The lowest BCUT2D eigenvalue weighted by Crippen LogP contribution is -2.47. The summed E-state index contributed by atoms with van der Waals surface area (Å²) in [6.45, 7) is 3.25. The van der Waals surface area contributed by atoms with Crippen LogP contribution in [-0.4, -0.2) is 39.2 Å². The first-order valence-electron chi connectivity index (χ1n) is 5.68. The maximum absolute atomic E-state index is 11.5. The van der Waals surface area contributed by atoms with Crippen LogP contribution in [0.4, 0.5) is 0 Å². The zero-order valence-electron chi connectivity index (χ0n) is 9.98. The number of ether oxygens (including phenoxy) is 1. The normalized spacial score (nSPS) is 22.9. The molecule has 0 aromatic heterocycles. The molecule has 2 unspecified atom stereocenters. The molecular weight excluding hydrogens is 228 g/mol. The zero-order valence-corrected chi connectivity index (χ0v) is 10.8. The number of nitrogens with two attached hydrogens (primary N) is 1. The van der Waals surface area contributed by atoms with Gasteiger partial charge in [-0.25, -0.2) is 8.42 Å². The van der Waals surface area contributed by atoms with Crippen LogP contribution >= 0.6 is 0 Å². The molecule has 0 radical (unpaired) electrons. The van der Waals surface area contributed by atoms with Crippen LogP contribution in [0.25, 0.3) is 0 Å². The Balaban J connectivity index is 2.53. The van der Waals surface area contributed by atoms with Gasteiger partial charge in [0.2, 0.25) is 0 Å². The molecule has 6 heteroatoms. The molecule has 0 amide bonds. The van der Waals surface area contributed by atoms with Crippen molar-refractivity contribution in [1.29, 1.82) is 0 Å². The molecule has 2 atom stereocenters. The summed E-state index contributed by atoms with van der Waals surface area (Å²) in [6, 6.07) is -0.168. The zero-order chi connectivity index (χ0) is 12.2. The molecule has 5 nitrogen and oxygen atoms in total. The van der Waals surface area contributed by atoms with Crippen LogP contribution in [0.3, 0.4) is 0 Å². The fourth-order valence-electron chi connectivity index (χ4n) is 2.03. The van der Waals surface area contributed by atoms with Crippen molar-refractivity contribution in [3.05, 3.63) is 0 Å². The Morgan fingerprint density at radius 2 is 2.00 bits per heavy atom. The van der Waals surface area contributed by atoms with Crippen LogP contribution in [0.1, 0.15) is 26.2 Å². The second-order valence-corrected chi connectivity index (χ2v) is 7.00. The highest BCUT2D eigenvalue weighted by molar-refractivity contribution is 7.91. The van der Waals surface area contributed by atoms with E-state index in [1.807, 2.05) is 0 Å². The van der Waals surface area contributed by atoms with E-state index in [9.17, 15) is 8.42 Å². The van der Waals surface area contributed by atoms with Crippen molar-refractivity contribution in [2.75, 3.05) is 19.5 Å². The predicted molar refractivity (Wildman–Crippen MR) is 63.6 cm³/mol. The van der Waals surface area contributed by atoms with Gasteiger partial charge >= 0.3 is 0 Å². The predicted octanol–water partition coefficient (Wildman–Crippen LogP) is 0.0681. The molecule has 1 saturated heterocycles. The highest BCUT2D eigenvalue weighted by Gasteiger charge is 2.28. The van der Waals surface area contributed by atoms with E-state index in [0.717, 1.165) is 32.5 Å². The summed E-state index contributed by atoms with van der Waals surface area (Å²) in [4.78, 5) is 0. The number of rotatable bonds is 5. The van der Waals surface area contributed by atoms with Gasteiger partial charge < -0.3 is 4.74 Å². The summed E-state index contributed by atoms with van der Waals surface area (Å²) in [5.74, 6) is 5.95. The molecular formula is C10H22N2O3S. The van der Waals surface area contributed by atoms with Crippen molar-refractivity contribution in [3.8, 4) is 0 Å². The van der Waals surface area contributed by atoms with Gasteiger partial charge in [0.25, 0.3) is 0 Å². The Morgan fingerprint density at radius 3 is 2.44 bits per heavy atom. The van der Waals surface area contributed by atoms with E-state index >= 15 is 0 Å². The van der Waals surface area contributed by atoms with E-state index in [1.54, 1.807) is 6.92 Å². The lowest BCUT2D eigenvalue weighted by atomic mass is 9.92. The molecule has 0 spiro atoms. The Bertz CT molecular complexity index is 299. The minimum atomic E-state index is -3.04. The molecule has 16 heavy (non-hydrogen) atoms. The van der Waals surface area contributed by atoms with Crippen molar-refractivity contribution >= 4 is 9.84 Å². The summed E-state index contributed by atoms with van der Waals surface area (Å²) >= 11 is 0. The summed E-state index contributed by atoms with van der Waals surface area (Å²) in [5, 5.41) is -0.444. The Morgan fingerprint density at radius 1 is 1.44 bits per heavy atom. The first kappa shape index (κ1) is 13.9. The smallest absolute Gasteiger partial charge is 0.151 e. The van der Waals surface area contributed by atoms with Crippen LogP contribution < -0.4 is 11.3 Å². The van der Waals surface area contributed by atoms with E-state index < -0.39 is 15.1 Å². The molecule has 1 aliphatic rings. The minimum absolute atomic E-state index is 0.168. The molecule has 0 bridgehead atoms. The largest absolute Gasteiger partial charge is 0.381 e. The fourth-order valence-corrected chi connectivity index (χ4v) is 2.82. The molecule has 0 aromatic rings. The molecule has 0 saturated carbocycles. The topological polar surface area (TPSA) is 81.4 Å². The molecule has 3 N–H and O–H groups in total. The lowest BCUT2D eigenvalue weighted by molar-refractivity contribution is 0.0605. The summed E-state index contributed by atoms with van der Waals surface area (Å²) < 4.78 is 28.2. The Labute approximate surface area is 97.6 Å². The second-order valence-electron chi connectivity index (χ2n) is 4.60. The van der Waals surface area contributed by atoms with Crippen molar-refractivity contribution in [1.82, 2.24) is 5.43 Å². The summed E-state index contributed by atoms with van der Waals surface area (Å²) in [6.07, 6.45) is 4.05. The number of hydrazine groups is 1. The second kappa shape index (κ2) is 5.95. The van der Waals surface area contributed by atoms with Crippen molar-refractivity contribution < 1.29 is 13.2 Å². The molecule has 1 heterocycles. The van der Waals surface area contributed by atoms with Gasteiger partial charge in [0, 0.05) is 25.5 Å². The van der Waals surface area contributed by atoms with E-state index in [0.29, 0.717) is 5.92 Å². The van der Waals surface area contributed by atoms with E-state index in [1.165, 1.54) is 6.26 Å². The first-order chi connectivity index (χ1) is 7.45. The van der Waals surface area contributed by atoms with E-state index in [2.05, 4.69) is 5.43 Å². The lowest BCUT2D eigenvalue weighted by Gasteiger charge is -2.28. The molecule has 0 aliphatic carbocycles. The van der Waals surface area contributed by atoms with Crippen molar-refractivity contribution in [2.24, 2.45) is 11.8 Å². The van der Waals surface area contributed by atoms with Crippen molar-refractivity contribution in [2.45, 2.75) is 37.5 Å². The highest BCUT2D eigenvalue weighted by atomic mass is 32.2. The quantitative estimate of drug-likeness (QED) is 0.533. The van der Waals surface area contributed by atoms with Gasteiger partial charge in [0.15, 0.2) is 9.84 Å². The maximum Gasteiger partial charge on any atom is 0.151 e. The van der Waals surface area contributed by atoms with Gasteiger partial charge in [-0.1, -0.05) is 0 Å². The number of nitrogens with one attached hydrogen (secondary N) is 1. The molecule has 1 aliphatic heterocycles. The third-order valence-electron chi connectivity index (χ3n) is 3.38. The van der Waals surface area contributed by atoms with Gasteiger partial charge in [-0.05, 0) is 32.1 Å². The van der Waals surface area contributed by atoms with Gasteiger partial charge in [-0.3, -0.25) is 11.3 Å². The maximum atomic E-state index is 11.5. The van der Waals surface area contributed by atoms with E-state index in [-0.39, 0.29) is 6.04 Å². The molecule has 96 valence electrons. The number of sulfone groups is 1. The molecule has 0 aromatic carbocycles. The van der Waals surface area contributed by atoms with Gasteiger partial charge in [0.05, 0.1) is 5.25 Å². The van der Waals surface area contributed by atoms with Crippen LogP contribution in [0.2, 0.25) is 0 Å². The third kappa shape index (κ3) is 4.01.